The lowest BCUT2D eigenvalue weighted by molar-refractivity contribution is -0.274. The van der Waals surface area contributed by atoms with Gasteiger partial charge in [0.1, 0.15) is 23.0 Å². The molecule has 6 aromatic carbocycles. The second-order valence-electron chi connectivity index (χ2n) is 13.2. The number of hydrogen-bond acceptors (Lipinski definition) is 6. The molecule has 0 aromatic heterocycles. The number of aryl methyl sites for hydroxylation is 4. The van der Waals surface area contributed by atoms with Crippen LogP contribution >= 0.6 is 0 Å². The zero-order valence-electron chi connectivity index (χ0n) is 30.6. The van der Waals surface area contributed by atoms with Crippen molar-refractivity contribution in [1.29, 1.82) is 0 Å². The van der Waals surface area contributed by atoms with Crippen LogP contribution < -0.4 is 18.9 Å². The molecule has 2 unspecified atom stereocenters. The summed E-state index contributed by atoms with van der Waals surface area (Å²) in [5.74, 6) is -1.59. The zero-order chi connectivity index (χ0) is 36.9. The van der Waals surface area contributed by atoms with Gasteiger partial charge in [0.15, 0.2) is 0 Å². The normalized spacial score (nSPS) is 13.5. The summed E-state index contributed by atoms with van der Waals surface area (Å²) < 4.78 is 24.4. The largest absolute Gasteiger partial charge is 0.430 e. The van der Waals surface area contributed by atoms with Gasteiger partial charge in [-0.2, -0.15) is 0 Å². The van der Waals surface area contributed by atoms with Crippen LogP contribution in [-0.4, -0.2) is 22.2 Å². The van der Waals surface area contributed by atoms with E-state index in [1.165, 1.54) is 0 Å². The van der Waals surface area contributed by atoms with Crippen LogP contribution in [0.15, 0.2) is 133 Å². The van der Waals surface area contributed by atoms with E-state index in [0.29, 0.717) is 23.0 Å². The molecule has 6 nitrogen and oxygen atoms in total. The van der Waals surface area contributed by atoms with Gasteiger partial charge < -0.3 is 29.2 Å². The summed E-state index contributed by atoms with van der Waals surface area (Å²) in [6.07, 6.45) is 0.418. The predicted molar refractivity (Wildman–Crippen MR) is 208 cm³/mol. The molecule has 6 heteroatoms. The van der Waals surface area contributed by atoms with Crippen LogP contribution in [-0.2, 0) is 0 Å². The fraction of sp³-hybridized carbons (Fsp3) is 0.217. The first kappa shape index (κ1) is 36.2. The molecular weight excluding hydrogens is 648 g/mol. The van der Waals surface area contributed by atoms with Gasteiger partial charge in [0, 0.05) is 0 Å². The Bertz CT molecular complexity index is 1910. The minimum absolute atomic E-state index is 0.209. The Morgan fingerprint density at radius 1 is 0.385 bits per heavy atom. The van der Waals surface area contributed by atoms with Gasteiger partial charge in [-0.15, -0.1) is 0 Å². The van der Waals surface area contributed by atoms with Gasteiger partial charge in [-0.3, -0.25) is 0 Å². The van der Waals surface area contributed by atoms with Crippen molar-refractivity contribution < 1.29 is 29.2 Å². The van der Waals surface area contributed by atoms with Crippen molar-refractivity contribution in [2.45, 2.75) is 66.3 Å². The molecule has 0 saturated carbocycles. The van der Waals surface area contributed by atoms with Crippen LogP contribution in [0.2, 0.25) is 0 Å². The zero-order valence-corrected chi connectivity index (χ0v) is 30.6. The molecule has 0 amide bonds. The maximum atomic E-state index is 11.4. The average Bonchev–Trinajstić information content (AvgIpc) is 3.16. The summed E-state index contributed by atoms with van der Waals surface area (Å²) in [6.45, 7) is 11.5. The summed E-state index contributed by atoms with van der Waals surface area (Å²) in [6, 6.07) is 43.5. The molecule has 0 aliphatic rings. The molecule has 0 saturated heterocycles. The second kappa shape index (κ2) is 15.4. The first-order valence-electron chi connectivity index (χ1n) is 17.7. The van der Waals surface area contributed by atoms with Crippen molar-refractivity contribution in [2.75, 3.05) is 0 Å². The Morgan fingerprint density at radius 3 is 0.962 bits per heavy atom. The van der Waals surface area contributed by atoms with Crippen LogP contribution in [0.1, 0.15) is 48.9 Å². The minimum Gasteiger partial charge on any atom is -0.430 e. The maximum Gasteiger partial charge on any atom is 0.368 e. The average molecular weight is 695 g/mol. The van der Waals surface area contributed by atoms with Gasteiger partial charge >= 0.3 is 11.9 Å². The molecule has 0 bridgehead atoms. The molecular formula is C46H46O6. The number of benzene rings is 6. The first-order valence-corrected chi connectivity index (χ1v) is 17.7. The van der Waals surface area contributed by atoms with Crippen LogP contribution in [0.4, 0.5) is 0 Å². The summed E-state index contributed by atoms with van der Waals surface area (Å²) in [5.41, 5.74) is 9.71. The highest BCUT2D eigenvalue weighted by molar-refractivity contribution is 5.70. The number of hydrogen-bond donors (Lipinski definition) is 2. The summed E-state index contributed by atoms with van der Waals surface area (Å²) in [7, 11) is 0. The molecule has 6 rings (SSSR count). The monoisotopic (exact) mass is 694 g/mol. The van der Waals surface area contributed by atoms with E-state index in [9.17, 15) is 10.2 Å². The van der Waals surface area contributed by atoms with Crippen molar-refractivity contribution in [3.63, 3.8) is 0 Å². The molecule has 6 aromatic rings. The smallest absolute Gasteiger partial charge is 0.368 e. The Balaban J connectivity index is 1.17. The molecule has 0 aliphatic heterocycles. The summed E-state index contributed by atoms with van der Waals surface area (Å²) >= 11 is 0. The van der Waals surface area contributed by atoms with E-state index in [4.69, 9.17) is 18.9 Å². The van der Waals surface area contributed by atoms with E-state index in [2.05, 4.69) is 24.3 Å². The molecule has 0 radical (unpaired) electrons. The number of ether oxygens (including phenoxy) is 4. The van der Waals surface area contributed by atoms with Gasteiger partial charge in [0.25, 0.3) is 0 Å². The number of rotatable bonds is 13. The predicted octanol–water partition coefficient (Wildman–Crippen LogP) is 10.9. The van der Waals surface area contributed by atoms with Crippen molar-refractivity contribution in [1.82, 2.24) is 0 Å². The highest BCUT2D eigenvalue weighted by Gasteiger charge is 2.33. The van der Waals surface area contributed by atoms with Crippen molar-refractivity contribution in [3.05, 3.63) is 156 Å². The third-order valence-corrected chi connectivity index (χ3v) is 9.15. The van der Waals surface area contributed by atoms with Crippen molar-refractivity contribution in [2.24, 2.45) is 0 Å². The molecule has 0 heterocycles. The Morgan fingerprint density at radius 2 is 0.673 bits per heavy atom. The van der Waals surface area contributed by atoms with E-state index in [1.54, 1.807) is 0 Å². The van der Waals surface area contributed by atoms with Gasteiger partial charge in [0.2, 0.25) is 0 Å². The molecule has 52 heavy (non-hydrogen) atoms. The SMILES string of the molecule is CCC(O)(Oc1ccc(-c2ccccc2)cc1)Oc1c(C)cc(-c2cc(C)c(OC(O)(CC)Oc3ccc(-c4ccccc4)cc3)c(C)c2)cc1C. The van der Waals surface area contributed by atoms with Gasteiger partial charge in [-0.05, 0) is 132 Å². The van der Waals surface area contributed by atoms with Crippen LogP contribution in [0.5, 0.6) is 23.0 Å². The molecule has 2 N–H and O–H groups in total. The van der Waals surface area contributed by atoms with E-state index in [0.717, 1.165) is 55.6 Å². The first-order chi connectivity index (χ1) is 25.0. The number of aliphatic hydroxyl groups is 2. The van der Waals surface area contributed by atoms with Crippen LogP contribution in [0, 0.1) is 27.7 Å². The third kappa shape index (κ3) is 8.31. The van der Waals surface area contributed by atoms with E-state index in [-0.39, 0.29) is 12.8 Å². The Kier molecular flexibility index (Phi) is 10.7. The lowest BCUT2D eigenvalue weighted by Gasteiger charge is -2.30. The molecule has 2 atom stereocenters. The van der Waals surface area contributed by atoms with Gasteiger partial charge in [-0.25, -0.2) is 0 Å². The second-order valence-corrected chi connectivity index (χ2v) is 13.2. The van der Waals surface area contributed by atoms with E-state index >= 15 is 0 Å². The fourth-order valence-corrected chi connectivity index (χ4v) is 6.27. The molecule has 0 spiro atoms. The maximum absolute atomic E-state index is 11.4. The fourth-order valence-electron chi connectivity index (χ4n) is 6.27. The summed E-state index contributed by atoms with van der Waals surface area (Å²) in [5, 5.41) is 22.9. The van der Waals surface area contributed by atoms with Crippen molar-refractivity contribution in [3.8, 4) is 56.4 Å². The lowest BCUT2D eigenvalue weighted by atomic mass is 9.96. The van der Waals surface area contributed by atoms with Gasteiger partial charge in [-0.1, -0.05) is 98.8 Å². The Labute approximate surface area is 306 Å². The quantitative estimate of drug-likeness (QED) is 0.117. The molecule has 266 valence electrons. The molecule has 0 fully saturated rings. The Hall–Kier alpha value is -5.56. The van der Waals surface area contributed by atoms with Crippen molar-refractivity contribution >= 4 is 0 Å². The molecule has 0 aliphatic carbocycles. The highest BCUT2D eigenvalue weighted by Crippen LogP contribution is 2.38. The topological polar surface area (TPSA) is 77.4 Å². The van der Waals surface area contributed by atoms with Gasteiger partial charge in [0.05, 0.1) is 12.8 Å². The summed E-state index contributed by atoms with van der Waals surface area (Å²) in [4.78, 5) is 0. The third-order valence-electron chi connectivity index (χ3n) is 9.15. The lowest BCUT2D eigenvalue weighted by Crippen LogP contribution is -2.42. The standard InChI is InChI=1S/C46H46O6/c1-7-45(47,49-41-23-19-37(20-24-41)35-15-11-9-12-16-35)51-43-31(3)27-39(28-32(43)4)40-29-33(5)44(34(6)30-40)52-46(48,8-2)50-42-25-21-38(22-26-42)36-17-13-10-14-18-36/h9-30,47-48H,7-8H2,1-6H3. The van der Waals surface area contributed by atoms with Crippen LogP contribution in [0.25, 0.3) is 33.4 Å². The minimum atomic E-state index is -1.86. The highest BCUT2D eigenvalue weighted by atomic mass is 16.8. The van der Waals surface area contributed by atoms with E-state index < -0.39 is 11.9 Å². The van der Waals surface area contributed by atoms with Crippen LogP contribution in [0.3, 0.4) is 0 Å². The van der Waals surface area contributed by atoms with E-state index in [1.807, 2.05) is 151 Å².